The molecule has 0 radical (unpaired) electrons. The summed E-state index contributed by atoms with van der Waals surface area (Å²) < 4.78 is 12.7. The second kappa shape index (κ2) is 6.97. The smallest absolute Gasteiger partial charge is 0.330 e. The van der Waals surface area contributed by atoms with Crippen LogP contribution in [0.4, 0.5) is 0 Å². The predicted octanol–water partition coefficient (Wildman–Crippen LogP) is 3.55. The van der Waals surface area contributed by atoms with E-state index in [4.69, 9.17) is 9.47 Å². The van der Waals surface area contributed by atoms with Gasteiger partial charge in [-0.15, -0.1) is 0 Å². The Morgan fingerprint density at radius 2 is 2.14 bits per heavy atom. The number of carbonyl (C=O) groups is 1. The Labute approximate surface area is 125 Å². The van der Waals surface area contributed by atoms with Crippen molar-refractivity contribution >= 4 is 16.9 Å². The summed E-state index contributed by atoms with van der Waals surface area (Å²) in [6.45, 7) is 6.83. The van der Waals surface area contributed by atoms with Gasteiger partial charge in [0.25, 0.3) is 0 Å². The molecule has 2 aromatic rings. The lowest BCUT2D eigenvalue weighted by molar-refractivity contribution is -0.137. The predicted molar refractivity (Wildman–Crippen MR) is 83.5 cm³/mol. The van der Waals surface area contributed by atoms with E-state index in [1.165, 1.54) is 6.08 Å². The van der Waals surface area contributed by atoms with Gasteiger partial charge in [-0.05, 0) is 39.0 Å². The largest absolute Gasteiger partial charge is 0.490 e. The van der Waals surface area contributed by atoms with Gasteiger partial charge in [0.1, 0.15) is 5.75 Å². The fourth-order valence-corrected chi connectivity index (χ4v) is 2.16. The van der Waals surface area contributed by atoms with Gasteiger partial charge >= 0.3 is 5.97 Å². The normalized spacial score (nSPS) is 11.4. The van der Waals surface area contributed by atoms with Crippen LogP contribution in [-0.4, -0.2) is 23.2 Å². The molecular weight excluding hydrogens is 266 g/mol. The van der Waals surface area contributed by atoms with Crippen LogP contribution in [0.1, 0.15) is 20.8 Å². The number of allylic oxidation sites excluding steroid dienone is 1. The van der Waals surface area contributed by atoms with Crippen LogP contribution in [0, 0.1) is 0 Å². The van der Waals surface area contributed by atoms with Crippen LogP contribution < -0.4 is 4.74 Å². The lowest BCUT2D eigenvalue weighted by Crippen LogP contribution is -2.05. The fraction of sp³-hybridized carbons (Fsp3) is 0.353. The highest BCUT2D eigenvalue weighted by atomic mass is 16.5. The van der Waals surface area contributed by atoms with Crippen LogP contribution in [-0.2, 0) is 16.1 Å². The van der Waals surface area contributed by atoms with Gasteiger partial charge < -0.3 is 14.0 Å². The van der Waals surface area contributed by atoms with Gasteiger partial charge in [-0.3, -0.25) is 0 Å². The molecule has 0 spiro atoms. The second-order valence-electron chi connectivity index (χ2n) is 4.98. The van der Waals surface area contributed by atoms with E-state index in [0.717, 1.165) is 16.7 Å². The fourth-order valence-electron chi connectivity index (χ4n) is 2.16. The van der Waals surface area contributed by atoms with Gasteiger partial charge in [0.05, 0.1) is 18.2 Å². The molecule has 0 bridgehead atoms. The van der Waals surface area contributed by atoms with E-state index in [-0.39, 0.29) is 12.1 Å². The highest BCUT2D eigenvalue weighted by Crippen LogP contribution is 2.27. The first-order valence-corrected chi connectivity index (χ1v) is 7.19. The van der Waals surface area contributed by atoms with Crippen molar-refractivity contribution in [1.82, 2.24) is 4.57 Å². The number of hydrogen-bond donors (Lipinski definition) is 0. The summed E-state index contributed by atoms with van der Waals surface area (Å²) in [6.07, 6.45) is 5.40. The van der Waals surface area contributed by atoms with Gasteiger partial charge in [0, 0.05) is 24.2 Å². The summed E-state index contributed by atoms with van der Waals surface area (Å²) in [7, 11) is 0. The van der Waals surface area contributed by atoms with Crippen molar-refractivity contribution in [1.29, 1.82) is 0 Å². The quantitative estimate of drug-likeness (QED) is 0.602. The zero-order valence-electron chi connectivity index (χ0n) is 12.7. The van der Waals surface area contributed by atoms with Crippen LogP contribution in [0.25, 0.3) is 10.9 Å². The molecular formula is C17H21NO3. The minimum atomic E-state index is -0.308. The Morgan fingerprint density at radius 3 is 2.86 bits per heavy atom. The molecule has 4 heteroatoms. The van der Waals surface area contributed by atoms with Gasteiger partial charge in [0.15, 0.2) is 0 Å². The first-order chi connectivity index (χ1) is 10.1. The maximum Gasteiger partial charge on any atom is 0.330 e. The van der Waals surface area contributed by atoms with E-state index in [0.29, 0.717) is 13.2 Å². The third-order valence-corrected chi connectivity index (χ3v) is 2.98. The number of hydrogen-bond acceptors (Lipinski definition) is 3. The molecule has 0 saturated carbocycles. The topological polar surface area (TPSA) is 40.5 Å². The molecule has 4 nitrogen and oxygen atoms in total. The van der Waals surface area contributed by atoms with Gasteiger partial charge in [-0.1, -0.05) is 12.1 Å². The average molecular weight is 287 g/mol. The number of nitrogens with zero attached hydrogens (tertiary/aromatic N) is 1. The Hall–Kier alpha value is -2.23. The summed E-state index contributed by atoms with van der Waals surface area (Å²) in [5.74, 6) is 0.577. The van der Waals surface area contributed by atoms with Crippen LogP contribution in [0.15, 0.2) is 42.6 Å². The summed E-state index contributed by atoms with van der Waals surface area (Å²) >= 11 is 0. The molecule has 0 aliphatic carbocycles. The maximum absolute atomic E-state index is 11.3. The minimum absolute atomic E-state index is 0.141. The van der Waals surface area contributed by atoms with E-state index in [2.05, 4.69) is 4.57 Å². The molecule has 0 unspecified atom stereocenters. The van der Waals surface area contributed by atoms with Crippen molar-refractivity contribution in [3.63, 3.8) is 0 Å². The number of carbonyl (C=O) groups excluding carboxylic acids is 1. The highest BCUT2D eigenvalue weighted by Gasteiger charge is 2.07. The molecule has 1 heterocycles. The third kappa shape index (κ3) is 3.88. The molecule has 21 heavy (non-hydrogen) atoms. The zero-order valence-corrected chi connectivity index (χ0v) is 12.7. The third-order valence-electron chi connectivity index (χ3n) is 2.98. The van der Waals surface area contributed by atoms with Crippen LogP contribution in [0.3, 0.4) is 0 Å². The standard InChI is InChI=1S/C17H21NO3/c1-4-20-17(19)9-6-11-18-12-10-14-15(18)7-5-8-16(14)21-13(2)3/h5-10,12-13H,4,11H2,1-3H3/b9-6+. The first-order valence-electron chi connectivity index (χ1n) is 7.19. The summed E-state index contributed by atoms with van der Waals surface area (Å²) in [5, 5.41) is 1.08. The van der Waals surface area contributed by atoms with Gasteiger partial charge in [-0.25, -0.2) is 4.79 Å². The van der Waals surface area contributed by atoms with Gasteiger partial charge in [0.2, 0.25) is 0 Å². The Kier molecular flexibility index (Phi) is 5.04. The minimum Gasteiger partial charge on any atom is -0.490 e. The van der Waals surface area contributed by atoms with Crippen molar-refractivity contribution in [2.75, 3.05) is 6.61 Å². The summed E-state index contributed by atoms with van der Waals surface area (Å²) in [6, 6.07) is 8.03. The molecule has 0 N–H and O–H groups in total. The zero-order chi connectivity index (χ0) is 15.2. The second-order valence-corrected chi connectivity index (χ2v) is 4.98. The number of aromatic nitrogens is 1. The molecule has 0 atom stereocenters. The summed E-state index contributed by atoms with van der Waals surface area (Å²) in [5.41, 5.74) is 1.08. The number of benzene rings is 1. The maximum atomic E-state index is 11.3. The lowest BCUT2D eigenvalue weighted by Gasteiger charge is -2.11. The first kappa shape index (κ1) is 15.2. The monoisotopic (exact) mass is 287 g/mol. The van der Waals surface area contributed by atoms with E-state index in [9.17, 15) is 4.79 Å². The molecule has 1 aromatic heterocycles. The van der Waals surface area contributed by atoms with Crippen LogP contribution >= 0.6 is 0 Å². The molecule has 2 rings (SSSR count). The highest BCUT2D eigenvalue weighted by molar-refractivity contribution is 5.86. The van der Waals surface area contributed by atoms with Crippen molar-refractivity contribution in [3.05, 3.63) is 42.6 Å². The molecule has 0 fully saturated rings. The number of esters is 1. The van der Waals surface area contributed by atoms with Crippen molar-refractivity contribution < 1.29 is 14.3 Å². The van der Waals surface area contributed by atoms with E-state index < -0.39 is 0 Å². The Balaban J connectivity index is 2.17. The number of fused-ring (bicyclic) bond motifs is 1. The molecule has 0 amide bonds. The van der Waals surface area contributed by atoms with E-state index in [1.54, 1.807) is 13.0 Å². The number of rotatable bonds is 6. The molecule has 112 valence electrons. The Morgan fingerprint density at radius 1 is 1.33 bits per heavy atom. The van der Waals surface area contributed by atoms with E-state index >= 15 is 0 Å². The van der Waals surface area contributed by atoms with Crippen LogP contribution in [0.5, 0.6) is 5.75 Å². The van der Waals surface area contributed by atoms with Gasteiger partial charge in [-0.2, -0.15) is 0 Å². The molecule has 0 saturated heterocycles. The number of ether oxygens (including phenoxy) is 2. The lowest BCUT2D eigenvalue weighted by atomic mass is 10.2. The Bertz CT molecular complexity index is 641. The summed E-state index contributed by atoms with van der Waals surface area (Å²) in [4.78, 5) is 11.3. The molecule has 0 aliphatic heterocycles. The van der Waals surface area contributed by atoms with Crippen molar-refractivity contribution in [2.24, 2.45) is 0 Å². The van der Waals surface area contributed by atoms with Crippen molar-refractivity contribution in [3.8, 4) is 5.75 Å². The average Bonchev–Trinajstić information content (AvgIpc) is 2.83. The van der Waals surface area contributed by atoms with Crippen LogP contribution in [0.2, 0.25) is 0 Å². The SMILES string of the molecule is CCOC(=O)/C=C/Cn1ccc2c(OC(C)C)cccc21. The molecule has 1 aromatic carbocycles. The van der Waals surface area contributed by atoms with Crippen molar-refractivity contribution in [2.45, 2.75) is 33.4 Å². The molecule has 0 aliphatic rings. The van der Waals surface area contributed by atoms with E-state index in [1.807, 2.05) is 44.3 Å².